The number of ether oxygens (including phenoxy) is 1. The van der Waals surface area contributed by atoms with E-state index in [1.807, 2.05) is 20.2 Å². The minimum atomic E-state index is 0.648. The molecule has 0 saturated heterocycles. The Hall–Kier alpha value is -2.33. The van der Waals surface area contributed by atoms with E-state index in [0.29, 0.717) is 6.61 Å². The molecule has 0 spiro atoms. The Morgan fingerprint density at radius 3 is 2.26 bits per heavy atom. The lowest BCUT2D eigenvalue weighted by atomic mass is 10.1. The molecule has 2 rings (SSSR count). The second-order valence-electron chi connectivity index (χ2n) is 5.49. The second-order valence-corrected chi connectivity index (χ2v) is 5.49. The number of hydrogen-bond donors (Lipinski definition) is 1. The zero-order valence-electron chi connectivity index (χ0n) is 14.1. The van der Waals surface area contributed by atoms with Crippen LogP contribution < -0.4 is 5.32 Å². The van der Waals surface area contributed by atoms with Gasteiger partial charge in [-0.2, -0.15) is 0 Å². The fraction of sp³-hybridized carbons (Fsp3) is 0.316. The Kier molecular flexibility index (Phi) is 6.63. The van der Waals surface area contributed by atoms with Crippen molar-refractivity contribution in [2.75, 3.05) is 21.2 Å². The molecular formula is C19H25N3O. The summed E-state index contributed by atoms with van der Waals surface area (Å²) in [5.74, 6) is 0.884. The summed E-state index contributed by atoms with van der Waals surface area (Å²) in [5, 5.41) is 3.40. The molecule has 0 atom stereocenters. The molecule has 0 fully saturated rings. The summed E-state index contributed by atoms with van der Waals surface area (Å²) in [4.78, 5) is 6.48. The molecule has 1 N–H and O–H groups in total. The predicted molar refractivity (Wildman–Crippen MR) is 95.3 cm³/mol. The van der Waals surface area contributed by atoms with E-state index in [0.717, 1.165) is 19.0 Å². The van der Waals surface area contributed by atoms with Gasteiger partial charge in [-0.05, 0) is 16.7 Å². The zero-order valence-corrected chi connectivity index (χ0v) is 14.1. The lowest BCUT2D eigenvalue weighted by molar-refractivity contribution is 0.185. The van der Waals surface area contributed by atoms with E-state index in [1.165, 1.54) is 16.7 Å². The highest BCUT2D eigenvalue weighted by atomic mass is 16.5. The molecule has 0 aliphatic carbocycles. The zero-order chi connectivity index (χ0) is 16.5. The molecule has 2 aromatic carbocycles. The van der Waals surface area contributed by atoms with E-state index in [-0.39, 0.29) is 0 Å². The number of nitrogens with zero attached hydrogens (tertiary/aromatic N) is 2. The molecule has 0 heterocycles. The van der Waals surface area contributed by atoms with E-state index >= 15 is 0 Å². The van der Waals surface area contributed by atoms with Gasteiger partial charge in [0.2, 0.25) is 0 Å². The number of hydrogen-bond acceptors (Lipinski definition) is 2. The number of methoxy groups -OCH3 is 1. The van der Waals surface area contributed by atoms with Crippen LogP contribution in [0.3, 0.4) is 0 Å². The minimum Gasteiger partial charge on any atom is -0.380 e. The van der Waals surface area contributed by atoms with Crippen molar-refractivity contribution >= 4 is 5.96 Å². The summed E-state index contributed by atoms with van der Waals surface area (Å²) < 4.78 is 5.13. The van der Waals surface area contributed by atoms with Crippen LogP contribution in [0.4, 0.5) is 0 Å². The van der Waals surface area contributed by atoms with E-state index in [9.17, 15) is 0 Å². The maximum atomic E-state index is 5.13. The highest BCUT2D eigenvalue weighted by Gasteiger charge is 2.06. The third-order valence-electron chi connectivity index (χ3n) is 3.62. The van der Waals surface area contributed by atoms with Crippen molar-refractivity contribution in [1.82, 2.24) is 10.2 Å². The smallest absolute Gasteiger partial charge is 0.193 e. The average molecular weight is 311 g/mol. The number of guanidine groups is 1. The molecule has 2 aromatic rings. The van der Waals surface area contributed by atoms with Crippen molar-refractivity contribution in [2.24, 2.45) is 4.99 Å². The molecular weight excluding hydrogens is 286 g/mol. The molecule has 0 bridgehead atoms. The average Bonchev–Trinajstić information content (AvgIpc) is 2.58. The highest BCUT2D eigenvalue weighted by molar-refractivity contribution is 5.79. The van der Waals surface area contributed by atoms with Crippen LogP contribution >= 0.6 is 0 Å². The largest absolute Gasteiger partial charge is 0.380 e. The number of rotatable bonds is 6. The van der Waals surface area contributed by atoms with Gasteiger partial charge < -0.3 is 15.0 Å². The first-order valence-electron chi connectivity index (χ1n) is 7.75. The van der Waals surface area contributed by atoms with Gasteiger partial charge in [0.15, 0.2) is 5.96 Å². The van der Waals surface area contributed by atoms with Crippen molar-refractivity contribution in [3.8, 4) is 0 Å². The van der Waals surface area contributed by atoms with Crippen LogP contribution in [0.15, 0.2) is 59.6 Å². The summed E-state index contributed by atoms with van der Waals surface area (Å²) in [5.41, 5.74) is 3.67. The number of aliphatic imine (C=N–C) groups is 1. The van der Waals surface area contributed by atoms with Crippen LogP contribution in [0, 0.1) is 0 Å². The maximum absolute atomic E-state index is 5.13. The first-order chi connectivity index (χ1) is 11.2. The van der Waals surface area contributed by atoms with Crippen molar-refractivity contribution < 1.29 is 4.74 Å². The third kappa shape index (κ3) is 5.42. The fourth-order valence-corrected chi connectivity index (χ4v) is 2.42. The van der Waals surface area contributed by atoms with Crippen LogP contribution in [0.25, 0.3) is 0 Å². The lowest BCUT2D eigenvalue weighted by Crippen LogP contribution is -2.38. The van der Waals surface area contributed by atoms with Gasteiger partial charge in [0.1, 0.15) is 0 Å². The standard InChI is InChI=1S/C19H25N3O/c1-20-19(22(2)14-17-7-5-4-6-8-17)21-13-16-9-11-18(12-10-16)15-23-3/h4-12H,13-15H2,1-3H3,(H,20,21). The monoisotopic (exact) mass is 311 g/mol. The van der Waals surface area contributed by atoms with E-state index in [1.54, 1.807) is 7.11 Å². The van der Waals surface area contributed by atoms with Crippen LogP contribution in [-0.4, -0.2) is 32.1 Å². The molecule has 0 radical (unpaired) electrons. The topological polar surface area (TPSA) is 36.9 Å². The SMILES string of the molecule is CN=C(NCc1ccc(COC)cc1)N(C)Cc1ccccc1. The van der Waals surface area contributed by atoms with Crippen LogP contribution in [0.1, 0.15) is 16.7 Å². The third-order valence-corrected chi connectivity index (χ3v) is 3.62. The molecule has 0 saturated carbocycles. The van der Waals surface area contributed by atoms with Gasteiger partial charge in [0.25, 0.3) is 0 Å². The van der Waals surface area contributed by atoms with Crippen LogP contribution in [0.2, 0.25) is 0 Å². The molecule has 4 heteroatoms. The lowest BCUT2D eigenvalue weighted by Gasteiger charge is -2.22. The number of benzene rings is 2. The molecule has 122 valence electrons. The van der Waals surface area contributed by atoms with Crippen molar-refractivity contribution in [3.63, 3.8) is 0 Å². The van der Waals surface area contributed by atoms with Crippen molar-refractivity contribution in [2.45, 2.75) is 19.7 Å². The Morgan fingerprint density at radius 2 is 1.65 bits per heavy atom. The predicted octanol–water partition coefficient (Wildman–Crippen LogP) is 3.04. The van der Waals surface area contributed by atoms with E-state index < -0.39 is 0 Å². The summed E-state index contributed by atoms with van der Waals surface area (Å²) in [7, 11) is 5.57. The Labute approximate surface area is 138 Å². The first-order valence-corrected chi connectivity index (χ1v) is 7.75. The van der Waals surface area contributed by atoms with Gasteiger partial charge >= 0.3 is 0 Å². The fourth-order valence-electron chi connectivity index (χ4n) is 2.42. The normalized spacial score (nSPS) is 11.3. The number of nitrogens with one attached hydrogen (secondary N) is 1. The van der Waals surface area contributed by atoms with Gasteiger partial charge in [-0.1, -0.05) is 54.6 Å². The molecule has 0 aromatic heterocycles. The summed E-state index contributed by atoms with van der Waals surface area (Å²) >= 11 is 0. The molecule has 0 aliphatic heterocycles. The molecule has 23 heavy (non-hydrogen) atoms. The van der Waals surface area contributed by atoms with Gasteiger partial charge in [0.05, 0.1) is 6.61 Å². The van der Waals surface area contributed by atoms with Crippen molar-refractivity contribution in [1.29, 1.82) is 0 Å². The highest BCUT2D eigenvalue weighted by Crippen LogP contribution is 2.06. The molecule has 0 aliphatic rings. The van der Waals surface area contributed by atoms with Gasteiger partial charge in [-0.25, -0.2) is 0 Å². The summed E-state index contributed by atoms with van der Waals surface area (Å²) in [6.07, 6.45) is 0. The summed E-state index contributed by atoms with van der Waals surface area (Å²) in [6, 6.07) is 18.8. The second kappa shape index (κ2) is 8.96. The van der Waals surface area contributed by atoms with Crippen LogP contribution in [0.5, 0.6) is 0 Å². The van der Waals surface area contributed by atoms with Crippen molar-refractivity contribution in [3.05, 3.63) is 71.3 Å². The van der Waals surface area contributed by atoms with Gasteiger partial charge in [-0.3, -0.25) is 4.99 Å². The Bertz CT molecular complexity index is 608. The minimum absolute atomic E-state index is 0.648. The van der Waals surface area contributed by atoms with E-state index in [2.05, 4.69) is 63.7 Å². The van der Waals surface area contributed by atoms with Gasteiger partial charge in [0, 0.05) is 34.3 Å². The Morgan fingerprint density at radius 1 is 1.00 bits per heavy atom. The first kappa shape index (κ1) is 17.0. The molecule has 0 unspecified atom stereocenters. The molecule has 0 amide bonds. The maximum Gasteiger partial charge on any atom is 0.193 e. The molecule has 4 nitrogen and oxygen atoms in total. The van der Waals surface area contributed by atoms with Crippen LogP contribution in [-0.2, 0) is 24.4 Å². The van der Waals surface area contributed by atoms with E-state index in [4.69, 9.17) is 4.74 Å². The Balaban J connectivity index is 1.89. The summed E-state index contributed by atoms with van der Waals surface area (Å²) in [6.45, 7) is 2.22. The van der Waals surface area contributed by atoms with Gasteiger partial charge in [-0.15, -0.1) is 0 Å². The quantitative estimate of drug-likeness (QED) is 0.658.